The Hall–Kier alpha value is -7.63. The van der Waals surface area contributed by atoms with Gasteiger partial charge in [0.25, 0.3) is 0 Å². The molecule has 0 saturated carbocycles. The Morgan fingerprint density at radius 3 is 1.28 bits per heavy atom. The Bertz CT molecular complexity index is 2970. The predicted molar refractivity (Wildman–Crippen MR) is 224 cm³/mol. The highest BCUT2D eigenvalue weighted by Crippen LogP contribution is 2.65. The maximum atomic E-state index is 6.55. The number of para-hydroxylation sites is 2. The van der Waals surface area contributed by atoms with Gasteiger partial charge in [0.2, 0.25) is 0 Å². The first kappa shape index (κ1) is 31.7. The molecular weight excluding hydrogens is 699 g/mol. The van der Waals surface area contributed by atoms with E-state index in [4.69, 9.17) is 24.4 Å². The van der Waals surface area contributed by atoms with Crippen LogP contribution in [0.3, 0.4) is 0 Å². The minimum Gasteiger partial charge on any atom is -0.450 e. The Morgan fingerprint density at radius 2 is 0.702 bits per heavy atom. The Morgan fingerprint density at radius 1 is 0.281 bits per heavy atom. The van der Waals surface area contributed by atoms with Crippen molar-refractivity contribution >= 4 is 0 Å². The van der Waals surface area contributed by atoms with Crippen molar-refractivity contribution in [3.63, 3.8) is 0 Å². The largest absolute Gasteiger partial charge is 0.450 e. The molecule has 0 amide bonds. The molecule has 1 aliphatic heterocycles. The molecule has 3 aliphatic rings. The summed E-state index contributed by atoms with van der Waals surface area (Å²) in [5.41, 5.74) is 14.3. The molecule has 0 saturated heterocycles. The monoisotopic (exact) mass is 729 g/mol. The summed E-state index contributed by atoms with van der Waals surface area (Å²) in [5.74, 6) is 4.80. The van der Waals surface area contributed by atoms with Crippen LogP contribution in [0.25, 0.3) is 67.5 Å². The van der Waals surface area contributed by atoms with E-state index in [1.54, 1.807) is 0 Å². The van der Waals surface area contributed by atoms with Crippen molar-refractivity contribution in [3.8, 4) is 90.5 Å². The predicted octanol–water partition coefficient (Wildman–Crippen LogP) is 12.8. The van der Waals surface area contributed by atoms with Crippen molar-refractivity contribution in [3.05, 3.63) is 210 Å². The first-order valence-corrected chi connectivity index (χ1v) is 19.2. The maximum Gasteiger partial charge on any atom is 0.170 e. The summed E-state index contributed by atoms with van der Waals surface area (Å²) in [6.45, 7) is 0. The molecule has 5 nitrogen and oxygen atoms in total. The van der Waals surface area contributed by atoms with Gasteiger partial charge in [0.1, 0.15) is 0 Å². The van der Waals surface area contributed by atoms with Crippen molar-refractivity contribution in [1.82, 2.24) is 15.0 Å². The molecule has 57 heavy (non-hydrogen) atoms. The molecule has 0 atom stereocenters. The van der Waals surface area contributed by atoms with Gasteiger partial charge in [0.05, 0.1) is 5.41 Å². The number of rotatable bonds is 4. The lowest BCUT2D eigenvalue weighted by molar-refractivity contribution is 0.359. The van der Waals surface area contributed by atoms with Gasteiger partial charge >= 0.3 is 0 Å². The molecule has 0 N–H and O–H groups in total. The van der Waals surface area contributed by atoms with Crippen LogP contribution in [0, 0.1) is 0 Å². The SMILES string of the molecule is c1ccc(-c2nc(-c3ccccc3)nc(-c3ccc(-c4ccc5c(c4)C4(c6ccccc6-c6ccccc64)c4cc6c(cc4-5)Oc4ccccc4O6)cc3)n2)cc1. The summed E-state index contributed by atoms with van der Waals surface area (Å²) in [6, 6.07) is 65.6. The summed E-state index contributed by atoms with van der Waals surface area (Å²) in [5, 5.41) is 0. The number of nitrogens with zero attached hydrogens (tertiary/aromatic N) is 3. The minimum absolute atomic E-state index is 0.546. The van der Waals surface area contributed by atoms with Crippen LogP contribution in [0.4, 0.5) is 0 Å². The Kier molecular flexibility index (Phi) is 6.78. The van der Waals surface area contributed by atoms with Crippen molar-refractivity contribution in [2.75, 3.05) is 0 Å². The molecule has 1 spiro atoms. The molecular formula is C52H31N3O2. The second kappa shape index (κ2) is 12.2. The summed E-state index contributed by atoms with van der Waals surface area (Å²) in [4.78, 5) is 14.8. The molecule has 266 valence electrons. The van der Waals surface area contributed by atoms with Gasteiger partial charge in [-0.3, -0.25) is 0 Å². The zero-order chi connectivity index (χ0) is 37.5. The van der Waals surface area contributed by atoms with Crippen molar-refractivity contribution in [2.24, 2.45) is 0 Å². The van der Waals surface area contributed by atoms with Crippen LogP contribution in [-0.2, 0) is 5.41 Å². The third kappa shape index (κ3) is 4.72. The summed E-state index contributed by atoms with van der Waals surface area (Å²) >= 11 is 0. The highest BCUT2D eigenvalue weighted by atomic mass is 16.6. The zero-order valence-corrected chi connectivity index (χ0v) is 30.6. The van der Waals surface area contributed by atoms with E-state index in [9.17, 15) is 0 Å². The third-order valence-electron chi connectivity index (χ3n) is 11.6. The first-order valence-electron chi connectivity index (χ1n) is 19.2. The molecule has 0 bridgehead atoms. The van der Waals surface area contributed by atoms with E-state index in [-0.39, 0.29) is 0 Å². The van der Waals surface area contributed by atoms with E-state index in [2.05, 4.69) is 103 Å². The van der Waals surface area contributed by atoms with Gasteiger partial charge < -0.3 is 9.47 Å². The second-order valence-corrected chi connectivity index (χ2v) is 14.7. The molecule has 1 aromatic heterocycles. The normalized spacial score (nSPS) is 13.3. The van der Waals surface area contributed by atoms with Crippen LogP contribution in [0.1, 0.15) is 22.3 Å². The lowest BCUT2D eigenvalue weighted by Crippen LogP contribution is -2.26. The third-order valence-corrected chi connectivity index (χ3v) is 11.6. The van der Waals surface area contributed by atoms with Crippen molar-refractivity contribution < 1.29 is 9.47 Å². The molecule has 12 rings (SSSR count). The highest BCUT2D eigenvalue weighted by Gasteiger charge is 2.52. The van der Waals surface area contributed by atoms with Gasteiger partial charge in [0.15, 0.2) is 40.5 Å². The maximum absolute atomic E-state index is 6.55. The molecule has 9 aromatic rings. The standard InChI is InChI=1S/C52H31N3O2/c1-3-13-33(14-4-1)49-53-50(34-15-5-2-6-16-34)55-51(54-49)35-25-23-32(24-26-35)36-27-28-39-40-30-47-48(57-46-22-12-11-21-45(46)56-47)31-44(40)52(43(39)29-36)41-19-9-7-17-37(41)38-18-8-10-20-42(38)52/h1-31H. The van der Waals surface area contributed by atoms with Crippen molar-refractivity contribution in [2.45, 2.75) is 5.41 Å². The Balaban J connectivity index is 1.01. The fraction of sp³-hybridized carbons (Fsp3) is 0.0192. The number of aromatic nitrogens is 3. The number of ether oxygens (including phenoxy) is 2. The lowest BCUT2D eigenvalue weighted by Gasteiger charge is -2.31. The smallest absolute Gasteiger partial charge is 0.170 e. The molecule has 0 unspecified atom stereocenters. The van der Waals surface area contributed by atoms with Gasteiger partial charge in [-0.2, -0.15) is 0 Å². The van der Waals surface area contributed by atoms with E-state index >= 15 is 0 Å². The average molecular weight is 730 g/mol. The summed E-state index contributed by atoms with van der Waals surface area (Å²) in [7, 11) is 0. The molecule has 5 heteroatoms. The average Bonchev–Trinajstić information content (AvgIpc) is 3.74. The van der Waals surface area contributed by atoms with E-state index in [1.807, 2.05) is 84.9 Å². The Labute approximate surface area is 329 Å². The number of benzene rings is 8. The minimum atomic E-state index is -0.546. The molecule has 2 heterocycles. The van der Waals surface area contributed by atoms with Crippen molar-refractivity contribution in [1.29, 1.82) is 0 Å². The van der Waals surface area contributed by atoms with Gasteiger partial charge in [-0.25, -0.2) is 15.0 Å². The van der Waals surface area contributed by atoms with Gasteiger partial charge in [0, 0.05) is 16.7 Å². The van der Waals surface area contributed by atoms with E-state index in [0.29, 0.717) is 17.5 Å². The number of hydrogen-bond acceptors (Lipinski definition) is 5. The van der Waals surface area contributed by atoms with Crippen LogP contribution in [0.2, 0.25) is 0 Å². The van der Waals surface area contributed by atoms with Gasteiger partial charge in [-0.05, 0) is 86.0 Å². The van der Waals surface area contributed by atoms with Crippen LogP contribution in [0.5, 0.6) is 23.0 Å². The molecule has 2 aliphatic carbocycles. The number of fused-ring (bicyclic) bond motifs is 12. The highest BCUT2D eigenvalue weighted by molar-refractivity contribution is 5.97. The molecule has 0 radical (unpaired) electrons. The van der Waals surface area contributed by atoms with E-state index in [1.165, 1.54) is 38.9 Å². The van der Waals surface area contributed by atoms with E-state index < -0.39 is 5.41 Å². The molecule has 0 fully saturated rings. The summed E-state index contributed by atoms with van der Waals surface area (Å²) in [6.07, 6.45) is 0. The van der Waals surface area contributed by atoms with Gasteiger partial charge in [-0.15, -0.1) is 0 Å². The van der Waals surface area contributed by atoms with E-state index in [0.717, 1.165) is 56.4 Å². The first-order chi connectivity index (χ1) is 28.2. The quantitative estimate of drug-likeness (QED) is 0.180. The fourth-order valence-corrected chi connectivity index (χ4v) is 9.09. The van der Waals surface area contributed by atoms with Crippen LogP contribution < -0.4 is 9.47 Å². The fourth-order valence-electron chi connectivity index (χ4n) is 9.09. The summed E-state index contributed by atoms with van der Waals surface area (Å²) < 4.78 is 13.0. The van der Waals surface area contributed by atoms with Crippen LogP contribution >= 0.6 is 0 Å². The topological polar surface area (TPSA) is 57.1 Å². The van der Waals surface area contributed by atoms with Crippen LogP contribution in [0.15, 0.2) is 188 Å². The number of hydrogen-bond donors (Lipinski definition) is 0. The van der Waals surface area contributed by atoms with Gasteiger partial charge in [-0.1, -0.05) is 158 Å². The van der Waals surface area contributed by atoms with Crippen LogP contribution in [-0.4, -0.2) is 15.0 Å². The second-order valence-electron chi connectivity index (χ2n) is 14.7. The zero-order valence-electron chi connectivity index (χ0n) is 30.6. The molecule has 8 aromatic carbocycles. The lowest BCUT2D eigenvalue weighted by atomic mass is 9.70.